The summed E-state index contributed by atoms with van der Waals surface area (Å²) in [5, 5.41) is 2.66. The molecule has 94 valence electrons. The van der Waals surface area contributed by atoms with Crippen LogP contribution in [-0.2, 0) is 14.3 Å². The molecule has 0 N–H and O–H groups in total. The van der Waals surface area contributed by atoms with E-state index in [4.69, 9.17) is 0 Å². The maximum absolute atomic E-state index is 12.2. The topological polar surface area (TPSA) is 46.6 Å². The molecule has 0 bridgehead atoms. The second-order valence-electron chi connectivity index (χ2n) is 4.08. The Morgan fingerprint density at radius 2 is 2.06 bits per heavy atom. The van der Waals surface area contributed by atoms with Crippen molar-refractivity contribution in [3.05, 3.63) is 15.9 Å². The molecular formula is C11H14BrNO3S. The molecule has 1 aromatic rings. The molecule has 0 aliphatic rings. The Kier molecular flexibility index (Phi) is 4.32. The molecule has 1 rings (SSSR count). The largest absolute Gasteiger partial charge is 0.468 e. The van der Waals surface area contributed by atoms with E-state index in [9.17, 15) is 9.59 Å². The van der Waals surface area contributed by atoms with Gasteiger partial charge >= 0.3 is 5.97 Å². The average molecular weight is 320 g/mol. The Labute approximate surface area is 113 Å². The summed E-state index contributed by atoms with van der Waals surface area (Å²) in [5.74, 6) is -0.830. The lowest BCUT2D eigenvalue weighted by atomic mass is 9.92. The van der Waals surface area contributed by atoms with Crippen molar-refractivity contribution in [2.75, 3.05) is 19.1 Å². The van der Waals surface area contributed by atoms with Gasteiger partial charge in [-0.3, -0.25) is 9.59 Å². The number of halogens is 1. The second-order valence-corrected chi connectivity index (χ2v) is 5.89. The van der Waals surface area contributed by atoms with E-state index in [0.717, 1.165) is 9.47 Å². The first-order valence-electron chi connectivity index (χ1n) is 4.91. The van der Waals surface area contributed by atoms with E-state index in [1.165, 1.54) is 23.3 Å². The van der Waals surface area contributed by atoms with Gasteiger partial charge in [0.1, 0.15) is 5.41 Å². The van der Waals surface area contributed by atoms with E-state index in [0.29, 0.717) is 0 Å². The summed E-state index contributed by atoms with van der Waals surface area (Å²) in [6.45, 7) is 3.11. The number of rotatable bonds is 3. The molecule has 4 nitrogen and oxygen atoms in total. The Hall–Kier alpha value is -0.880. The van der Waals surface area contributed by atoms with Crippen LogP contribution in [0.4, 0.5) is 5.00 Å². The minimum absolute atomic E-state index is 0.293. The molecule has 1 aromatic heterocycles. The first kappa shape index (κ1) is 14.2. The molecule has 0 aliphatic heterocycles. The summed E-state index contributed by atoms with van der Waals surface area (Å²) in [4.78, 5) is 25.2. The highest BCUT2D eigenvalue weighted by atomic mass is 79.9. The number of hydrogen-bond donors (Lipinski definition) is 0. The highest BCUT2D eigenvalue weighted by molar-refractivity contribution is 9.10. The molecular weight excluding hydrogens is 306 g/mol. The van der Waals surface area contributed by atoms with Crippen molar-refractivity contribution in [1.82, 2.24) is 0 Å². The number of amides is 1. The maximum atomic E-state index is 12.2. The molecule has 0 atom stereocenters. The van der Waals surface area contributed by atoms with E-state index in [1.54, 1.807) is 20.9 Å². The number of ether oxygens (including phenoxy) is 1. The summed E-state index contributed by atoms with van der Waals surface area (Å²) in [6.07, 6.45) is 0. The third-order valence-electron chi connectivity index (χ3n) is 2.42. The van der Waals surface area contributed by atoms with Crippen LogP contribution in [0.1, 0.15) is 13.8 Å². The molecule has 0 spiro atoms. The van der Waals surface area contributed by atoms with Crippen LogP contribution in [0, 0.1) is 5.41 Å². The third kappa shape index (κ3) is 2.87. The van der Waals surface area contributed by atoms with Gasteiger partial charge in [0.25, 0.3) is 0 Å². The van der Waals surface area contributed by atoms with E-state index >= 15 is 0 Å². The lowest BCUT2D eigenvalue weighted by molar-refractivity contribution is -0.155. The first-order chi connectivity index (χ1) is 7.80. The van der Waals surface area contributed by atoms with Gasteiger partial charge in [-0.05, 0) is 35.8 Å². The van der Waals surface area contributed by atoms with Gasteiger partial charge in [0.05, 0.1) is 12.1 Å². The van der Waals surface area contributed by atoms with Crippen LogP contribution in [-0.4, -0.2) is 26.0 Å². The van der Waals surface area contributed by atoms with Crippen LogP contribution in [0.3, 0.4) is 0 Å². The third-order valence-corrected chi connectivity index (χ3v) is 4.19. The normalized spacial score (nSPS) is 11.1. The molecule has 0 aliphatic carbocycles. The SMILES string of the molecule is COC(=O)C(C)(C)C(=O)N(C)c1cc(Br)cs1. The fraction of sp³-hybridized carbons (Fsp3) is 0.455. The van der Waals surface area contributed by atoms with Gasteiger partial charge in [0.15, 0.2) is 0 Å². The predicted octanol–water partition coefficient (Wildman–Crippen LogP) is 2.67. The van der Waals surface area contributed by atoms with Crippen LogP contribution in [0.2, 0.25) is 0 Å². The van der Waals surface area contributed by atoms with E-state index < -0.39 is 11.4 Å². The summed E-state index contributed by atoms with van der Waals surface area (Å²) < 4.78 is 5.55. The van der Waals surface area contributed by atoms with E-state index in [2.05, 4.69) is 20.7 Å². The Morgan fingerprint density at radius 3 is 2.47 bits per heavy atom. The van der Waals surface area contributed by atoms with Crippen LogP contribution in [0.25, 0.3) is 0 Å². The van der Waals surface area contributed by atoms with Crippen LogP contribution in [0.5, 0.6) is 0 Å². The van der Waals surface area contributed by atoms with Gasteiger partial charge in [-0.15, -0.1) is 11.3 Å². The average Bonchev–Trinajstić information content (AvgIpc) is 2.72. The van der Waals surface area contributed by atoms with Crippen molar-refractivity contribution in [1.29, 1.82) is 0 Å². The minimum Gasteiger partial charge on any atom is -0.468 e. The molecule has 0 unspecified atom stereocenters. The molecule has 1 heterocycles. The van der Waals surface area contributed by atoms with Gasteiger partial charge < -0.3 is 9.64 Å². The number of hydrogen-bond acceptors (Lipinski definition) is 4. The molecule has 0 saturated carbocycles. The van der Waals surface area contributed by atoms with Gasteiger partial charge in [-0.2, -0.15) is 0 Å². The lowest BCUT2D eigenvalue weighted by Crippen LogP contribution is -2.43. The lowest BCUT2D eigenvalue weighted by Gasteiger charge is -2.26. The Bertz CT molecular complexity index is 442. The molecule has 0 aromatic carbocycles. The summed E-state index contributed by atoms with van der Waals surface area (Å²) in [7, 11) is 2.92. The molecule has 17 heavy (non-hydrogen) atoms. The van der Waals surface area contributed by atoms with E-state index in [-0.39, 0.29) is 5.91 Å². The number of methoxy groups -OCH3 is 1. The standard InChI is InChI=1S/C11H14BrNO3S/c1-11(2,10(15)16-4)9(14)13(3)8-5-7(12)6-17-8/h5-6H,1-4H3. The van der Waals surface area contributed by atoms with E-state index in [1.807, 2.05) is 11.4 Å². The zero-order valence-corrected chi connectivity index (χ0v) is 12.5. The van der Waals surface area contributed by atoms with Crippen molar-refractivity contribution in [2.24, 2.45) is 5.41 Å². The monoisotopic (exact) mass is 319 g/mol. The van der Waals surface area contributed by atoms with Gasteiger partial charge in [0, 0.05) is 16.9 Å². The quantitative estimate of drug-likeness (QED) is 0.635. The van der Waals surface area contributed by atoms with Crippen molar-refractivity contribution in [2.45, 2.75) is 13.8 Å². The molecule has 6 heteroatoms. The second kappa shape index (κ2) is 5.18. The maximum Gasteiger partial charge on any atom is 0.320 e. The van der Waals surface area contributed by atoms with Crippen molar-refractivity contribution < 1.29 is 14.3 Å². The van der Waals surface area contributed by atoms with Gasteiger partial charge in [0.2, 0.25) is 5.91 Å². The van der Waals surface area contributed by atoms with Crippen molar-refractivity contribution >= 4 is 44.1 Å². The van der Waals surface area contributed by atoms with Crippen molar-refractivity contribution in [3.63, 3.8) is 0 Å². The summed E-state index contributed by atoms with van der Waals surface area (Å²) in [5.41, 5.74) is -1.18. The minimum atomic E-state index is -1.18. The highest BCUT2D eigenvalue weighted by Crippen LogP contribution is 2.30. The number of thiophene rings is 1. The zero-order chi connectivity index (χ0) is 13.2. The van der Waals surface area contributed by atoms with Crippen LogP contribution >= 0.6 is 27.3 Å². The number of anilines is 1. The number of carbonyl (C=O) groups is 2. The zero-order valence-electron chi connectivity index (χ0n) is 10.1. The molecule has 1 amide bonds. The first-order valence-corrected chi connectivity index (χ1v) is 6.58. The fourth-order valence-electron chi connectivity index (χ4n) is 1.34. The smallest absolute Gasteiger partial charge is 0.320 e. The van der Waals surface area contributed by atoms with Crippen molar-refractivity contribution in [3.8, 4) is 0 Å². The van der Waals surface area contributed by atoms with Gasteiger partial charge in [-0.1, -0.05) is 0 Å². The Morgan fingerprint density at radius 1 is 1.47 bits per heavy atom. The number of carbonyl (C=O) groups excluding carboxylic acids is 2. The number of nitrogens with zero attached hydrogens (tertiary/aromatic N) is 1. The summed E-state index contributed by atoms with van der Waals surface area (Å²) >= 11 is 4.75. The molecule has 0 saturated heterocycles. The molecule has 0 radical (unpaired) electrons. The number of esters is 1. The molecule has 0 fully saturated rings. The predicted molar refractivity (Wildman–Crippen MR) is 71.2 cm³/mol. The van der Waals surface area contributed by atoms with Gasteiger partial charge in [-0.25, -0.2) is 0 Å². The van der Waals surface area contributed by atoms with Crippen LogP contribution < -0.4 is 4.90 Å². The highest BCUT2D eigenvalue weighted by Gasteiger charge is 2.39. The Balaban J connectivity index is 2.94. The summed E-state index contributed by atoms with van der Waals surface area (Å²) in [6, 6.07) is 1.83. The van der Waals surface area contributed by atoms with Crippen LogP contribution in [0.15, 0.2) is 15.9 Å². The fourth-order valence-corrected chi connectivity index (χ4v) is 2.73.